The van der Waals surface area contributed by atoms with Crippen LogP contribution in [0.15, 0.2) is 45.3 Å². The first kappa shape index (κ1) is 16.8. The second kappa shape index (κ2) is 7.14. The van der Waals surface area contributed by atoms with Crippen LogP contribution in [0.5, 0.6) is 0 Å². The molecule has 1 amide bonds. The van der Waals surface area contributed by atoms with Crippen LogP contribution in [0.4, 0.5) is 0 Å². The quantitative estimate of drug-likeness (QED) is 0.578. The molecule has 0 heterocycles. The first-order valence-corrected chi connectivity index (χ1v) is 8.36. The van der Waals surface area contributed by atoms with E-state index < -0.39 is 0 Å². The highest BCUT2D eigenvalue weighted by Crippen LogP contribution is 2.24. The van der Waals surface area contributed by atoms with E-state index in [1.807, 2.05) is 12.1 Å². The molecule has 0 fully saturated rings. The lowest BCUT2D eigenvalue weighted by molar-refractivity contribution is 0.0784. The Morgan fingerprint density at radius 2 is 1.71 bits per heavy atom. The minimum Gasteiger partial charge on any atom is -0.337 e. The maximum Gasteiger partial charge on any atom is 0.255 e. The zero-order valence-corrected chi connectivity index (χ0v) is 15.7. The molecule has 21 heavy (non-hydrogen) atoms. The largest absolute Gasteiger partial charge is 0.337 e. The monoisotopic (exact) mass is 449 g/mol. The zero-order chi connectivity index (χ0) is 15.6. The molecule has 0 aromatic heterocycles. The van der Waals surface area contributed by atoms with Crippen LogP contribution in [0.1, 0.15) is 15.9 Å². The summed E-state index contributed by atoms with van der Waals surface area (Å²) in [4.78, 5) is 14.1. The number of carbonyl (C=O) groups is 1. The van der Waals surface area contributed by atoms with Crippen LogP contribution in [-0.2, 0) is 6.54 Å². The summed E-state index contributed by atoms with van der Waals surface area (Å²) in [6.45, 7) is 0.429. The topological polar surface area (TPSA) is 20.3 Å². The van der Waals surface area contributed by atoms with Gasteiger partial charge in [-0.1, -0.05) is 39.1 Å². The van der Waals surface area contributed by atoms with E-state index in [9.17, 15) is 4.79 Å². The molecule has 0 aliphatic carbocycles. The number of benzene rings is 2. The lowest BCUT2D eigenvalue weighted by Crippen LogP contribution is -2.26. The van der Waals surface area contributed by atoms with E-state index in [1.165, 1.54) is 0 Å². The molecular weight excluding hydrogens is 441 g/mol. The summed E-state index contributed by atoms with van der Waals surface area (Å²) in [6.07, 6.45) is 0. The average molecular weight is 452 g/mol. The minimum atomic E-state index is -0.0840. The molecular formula is C15H11Br2Cl2NO. The van der Waals surface area contributed by atoms with Crippen LogP contribution < -0.4 is 0 Å². The Kier molecular flexibility index (Phi) is 5.72. The van der Waals surface area contributed by atoms with Crippen molar-refractivity contribution in [2.75, 3.05) is 7.05 Å². The van der Waals surface area contributed by atoms with Crippen molar-refractivity contribution >= 4 is 61.0 Å². The van der Waals surface area contributed by atoms with Gasteiger partial charge in [0, 0.05) is 32.6 Å². The smallest absolute Gasteiger partial charge is 0.255 e. The predicted molar refractivity (Wildman–Crippen MR) is 94.1 cm³/mol. The van der Waals surface area contributed by atoms with Crippen molar-refractivity contribution in [2.24, 2.45) is 0 Å². The van der Waals surface area contributed by atoms with Crippen LogP contribution >= 0.6 is 55.1 Å². The van der Waals surface area contributed by atoms with Gasteiger partial charge in [-0.2, -0.15) is 0 Å². The maximum absolute atomic E-state index is 12.5. The molecule has 6 heteroatoms. The molecule has 0 saturated heterocycles. The molecule has 0 unspecified atom stereocenters. The van der Waals surface area contributed by atoms with Crippen molar-refractivity contribution in [2.45, 2.75) is 6.54 Å². The van der Waals surface area contributed by atoms with Crippen molar-refractivity contribution in [1.82, 2.24) is 4.90 Å². The summed E-state index contributed by atoms with van der Waals surface area (Å²) in [5.41, 5.74) is 1.48. The third-order valence-electron chi connectivity index (χ3n) is 2.85. The second-order valence-electron chi connectivity index (χ2n) is 4.56. The summed E-state index contributed by atoms with van der Waals surface area (Å²) in [7, 11) is 1.74. The third-order valence-corrected chi connectivity index (χ3v) is 4.47. The molecule has 2 aromatic rings. The number of carbonyl (C=O) groups excluding carboxylic acids is 1. The molecule has 0 aliphatic heterocycles. The molecule has 0 atom stereocenters. The van der Waals surface area contributed by atoms with Crippen LogP contribution in [0.2, 0.25) is 10.0 Å². The number of halogens is 4. The van der Waals surface area contributed by atoms with Gasteiger partial charge in [0.25, 0.3) is 5.91 Å². The minimum absolute atomic E-state index is 0.0840. The number of nitrogens with zero attached hydrogens (tertiary/aromatic N) is 1. The Morgan fingerprint density at radius 1 is 1.10 bits per heavy atom. The molecule has 0 radical (unpaired) electrons. The highest BCUT2D eigenvalue weighted by atomic mass is 79.9. The van der Waals surface area contributed by atoms with E-state index in [1.54, 1.807) is 36.2 Å². The van der Waals surface area contributed by atoms with E-state index in [-0.39, 0.29) is 5.91 Å². The number of hydrogen-bond donors (Lipinski definition) is 0. The van der Waals surface area contributed by atoms with Crippen molar-refractivity contribution in [1.29, 1.82) is 0 Å². The van der Waals surface area contributed by atoms with E-state index in [4.69, 9.17) is 23.2 Å². The predicted octanol–water partition coefficient (Wildman–Crippen LogP) is 5.79. The molecule has 2 rings (SSSR count). The van der Waals surface area contributed by atoms with E-state index in [0.29, 0.717) is 22.2 Å². The molecule has 2 aromatic carbocycles. The van der Waals surface area contributed by atoms with Gasteiger partial charge in [0.15, 0.2) is 0 Å². The van der Waals surface area contributed by atoms with E-state index >= 15 is 0 Å². The fraction of sp³-hybridized carbons (Fsp3) is 0.133. The average Bonchev–Trinajstić information content (AvgIpc) is 2.39. The lowest BCUT2D eigenvalue weighted by Gasteiger charge is -2.18. The summed E-state index contributed by atoms with van der Waals surface area (Å²) >= 11 is 18.7. The fourth-order valence-electron chi connectivity index (χ4n) is 1.91. The molecule has 0 bridgehead atoms. The third kappa shape index (κ3) is 4.46. The van der Waals surface area contributed by atoms with Gasteiger partial charge < -0.3 is 4.90 Å². The van der Waals surface area contributed by atoms with Gasteiger partial charge in [-0.05, 0) is 57.9 Å². The highest BCUT2D eigenvalue weighted by Gasteiger charge is 2.16. The van der Waals surface area contributed by atoms with Gasteiger partial charge >= 0.3 is 0 Å². The van der Waals surface area contributed by atoms with Crippen LogP contribution in [0, 0.1) is 0 Å². The summed E-state index contributed by atoms with van der Waals surface area (Å²) in [5.74, 6) is -0.0840. The Bertz CT molecular complexity index is 671. The number of hydrogen-bond acceptors (Lipinski definition) is 1. The van der Waals surface area contributed by atoms with E-state index in [0.717, 1.165) is 14.5 Å². The molecule has 110 valence electrons. The Labute approximate surface area is 150 Å². The fourth-order valence-corrected chi connectivity index (χ4v) is 3.26. The standard InChI is InChI=1S/C15H11Br2Cl2NO/c1-20(8-9-4-11(18)7-12(19)5-9)15(21)13-6-10(16)2-3-14(13)17/h2-7H,8H2,1H3. The summed E-state index contributed by atoms with van der Waals surface area (Å²) < 4.78 is 1.61. The SMILES string of the molecule is CN(Cc1cc(Cl)cc(Cl)c1)C(=O)c1cc(Br)ccc1Br. The van der Waals surface area contributed by atoms with E-state index in [2.05, 4.69) is 31.9 Å². The van der Waals surface area contributed by atoms with Gasteiger partial charge in [0.2, 0.25) is 0 Å². The molecule has 0 aliphatic rings. The van der Waals surface area contributed by atoms with Crippen LogP contribution in [0.25, 0.3) is 0 Å². The first-order chi connectivity index (χ1) is 9.86. The van der Waals surface area contributed by atoms with Crippen molar-refractivity contribution in [3.8, 4) is 0 Å². The maximum atomic E-state index is 12.5. The molecule has 0 spiro atoms. The molecule has 0 N–H and O–H groups in total. The van der Waals surface area contributed by atoms with Gasteiger partial charge in [-0.25, -0.2) is 0 Å². The highest BCUT2D eigenvalue weighted by molar-refractivity contribution is 9.11. The zero-order valence-electron chi connectivity index (χ0n) is 11.0. The first-order valence-electron chi connectivity index (χ1n) is 6.02. The van der Waals surface area contributed by atoms with Crippen molar-refractivity contribution in [3.63, 3.8) is 0 Å². The summed E-state index contributed by atoms with van der Waals surface area (Å²) in [6, 6.07) is 10.8. The number of rotatable bonds is 3. The molecule has 2 nitrogen and oxygen atoms in total. The van der Waals surface area contributed by atoms with Crippen molar-refractivity contribution < 1.29 is 4.79 Å². The Hall–Kier alpha value is -0.550. The van der Waals surface area contributed by atoms with Gasteiger partial charge in [-0.15, -0.1) is 0 Å². The van der Waals surface area contributed by atoms with Crippen molar-refractivity contribution in [3.05, 3.63) is 66.5 Å². The van der Waals surface area contributed by atoms with Crippen LogP contribution in [0.3, 0.4) is 0 Å². The molecule has 0 saturated carbocycles. The number of amides is 1. The Morgan fingerprint density at radius 3 is 2.33 bits per heavy atom. The van der Waals surface area contributed by atoms with Gasteiger partial charge in [0.1, 0.15) is 0 Å². The lowest BCUT2D eigenvalue weighted by atomic mass is 10.1. The van der Waals surface area contributed by atoms with Gasteiger partial charge in [-0.3, -0.25) is 4.79 Å². The summed E-state index contributed by atoms with van der Waals surface area (Å²) in [5, 5.41) is 1.11. The Balaban J connectivity index is 2.21. The second-order valence-corrected chi connectivity index (χ2v) is 7.21. The normalized spacial score (nSPS) is 10.5. The van der Waals surface area contributed by atoms with Gasteiger partial charge in [0.05, 0.1) is 5.56 Å². The van der Waals surface area contributed by atoms with Crippen LogP contribution in [-0.4, -0.2) is 17.9 Å².